The Hall–Kier alpha value is -1.72. The van der Waals surface area contributed by atoms with Crippen LogP contribution in [0.15, 0.2) is 6.07 Å². The van der Waals surface area contributed by atoms with E-state index in [0.29, 0.717) is 11.3 Å². The number of aryl methyl sites for hydroxylation is 1. The predicted octanol–water partition coefficient (Wildman–Crippen LogP) is 1.63. The average Bonchev–Trinajstić information content (AvgIpc) is 2.21. The van der Waals surface area contributed by atoms with Crippen LogP contribution in [0.1, 0.15) is 23.2 Å². The third-order valence-electron chi connectivity index (χ3n) is 2.18. The first-order valence-corrected chi connectivity index (χ1v) is 4.56. The molecule has 1 aromatic rings. The third-order valence-corrected chi connectivity index (χ3v) is 2.18. The fourth-order valence-corrected chi connectivity index (χ4v) is 1.26. The Morgan fingerprint density at radius 1 is 1.62 bits per heavy atom. The van der Waals surface area contributed by atoms with Crippen molar-refractivity contribution in [1.82, 2.24) is 4.98 Å². The number of pyridine rings is 1. The molecular formula is C10H12F2N2O2. The first-order chi connectivity index (χ1) is 7.45. The van der Waals surface area contributed by atoms with Crippen LogP contribution in [0.4, 0.5) is 14.6 Å². The lowest BCUT2D eigenvalue weighted by Gasteiger charge is -2.09. The van der Waals surface area contributed by atoms with Gasteiger partial charge in [-0.15, -0.1) is 0 Å². The van der Waals surface area contributed by atoms with E-state index < -0.39 is 12.4 Å². The molecule has 0 unspecified atom stereocenters. The van der Waals surface area contributed by atoms with Crippen LogP contribution in [0, 0.1) is 6.92 Å². The van der Waals surface area contributed by atoms with Crippen LogP contribution in [0.5, 0.6) is 0 Å². The minimum Gasteiger partial charge on any atom is -0.469 e. The molecule has 2 N–H and O–H groups in total. The van der Waals surface area contributed by atoms with Gasteiger partial charge < -0.3 is 10.5 Å². The third kappa shape index (κ3) is 2.65. The number of nitrogens with zero attached hydrogens (tertiary/aromatic N) is 1. The summed E-state index contributed by atoms with van der Waals surface area (Å²) in [4.78, 5) is 14.8. The molecule has 4 nitrogen and oxygen atoms in total. The number of rotatable bonds is 3. The second-order valence-corrected chi connectivity index (χ2v) is 3.26. The number of carbonyl (C=O) groups is 1. The number of hydrogen-bond donors (Lipinski definition) is 1. The molecule has 0 aliphatic heterocycles. The first kappa shape index (κ1) is 12.4. The Morgan fingerprint density at radius 3 is 2.75 bits per heavy atom. The number of alkyl halides is 2. The number of carbonyl (C=O) groups excluding carboxylic acids is 1. The van der Waals surface area contributed by atoms with Crippen molar-refractivity contribution in [2.45, 2.75) is 19.8 Å². The summed E-state index contributed by atoms with van der Waals surface area (Å²) in [6.07, 6.45) is -2.79. The highest BCUT2D eigenvalue weighted by molar-refractivity contribution is 5.73. The Labute approximate surface area is 91.4 Å². The normalized spacial score (nSPS) is 10.6. The van der Waals surface area contributed by atoms with Gasteiger partial charge in [-0.3, -0.25) is 4.79 Å². The highest BCUT2D eigenvalue weighted by Gasteiger charge is 2.16. The smallest absolute Gasteiger partial charge is 0.310 e. The predicted molar refractivity (Wildman–Crippen MR) is 54.1 cm³/mol. The van der Waals surface area contributed by atoms with E-state index in [1.54, 1.807) is 6.92 Å². The summed E-state index contributed by atoms with van der Waals surface area (Å²) < 4.78 is 29.5. The molecule has 1 aromatic heterocycles. The van der Waals surface area contributed by atoms with E-state index in [1.165, 1.54) is 13.2 Å². The summed E-state index contributed by atoms with van der Waals surface area (Å²) in [5, 5.41) is 0. The molecule has 88 valence electrons. The lowest BCUT2D eigenvalue weighted by atomic mass is 10.1. The number of ether oxygens (including phenoxy) is 1. The molecule has 0 atom stereocenters. The lowest BCUT2D eigenvalue weighted by molar-refractivity contribution is -0.139. The zero-order valence-corrected chi connectivity index (χ0v) is 8.96. The maximum Gasteiger partial charge on any atom is 0.310 e. The number of esters is 1. The zero-order valence-electron chi connectivity index (χ0n) is 8.96. The van der Waals surface area contributed by atoms with Gasteiger partial charge in [0.1, 0.15) is 5.82 Å². The van der Waals surface area contributed by atoms with E-state index in [2.05, 4.69) is 9.72 Å². The fourth-order valence-electron chi connectivity index (χ4n) is 1.26. The van der Waals surface area contributed by atoms with Gasteiger partial charge >= 0.3 is 5.97 Å². The number of methoxy groups -OCH3 is 1. The molecule has 0 bridgehead atoms. The zero-order chi connectivity index (χ0) is 12.3. The summed E-state index contributed by atoms with van der Waals surface area (Å²) in [6.45, 7) is 1.60. The Bertz CT molecular complexity index is 408. The molecule has 0 fully saturated rings. The second kappa shape index (κ2) is 4.87. The SMILES string of the molecule is COC(=O)Cc1cc(C(F)F)c(N)nc1C. The molecule has 0 amide bonds. The van der Waals surface area contributed by atoms with Crippen LogP contribution >= 0.6 is 0 Å². The van der Waals surface area contributed by atoms with Crippen molar-refractivity contribution in [1.29, 1.82) is 0 Å². The topological polar surface area (TPSA) is 65.2 Å². The first-order valence-electron chi connectivity index (χ1n) is 4.56. The maximum atomic E-state index is 12.5. The van der Waals surface area contributed by atoms with Crippen LogP contribution in [0.25, 0.3) is 0 Å². The molecular weight excluding hydrogens is 218 g/mol. The molecule has 0 saturated heterocycles. The van der Waals surface area contributed by atoms with Crippen LogP contribution < -0.4 is 5.73 Å². The summed E-state index contributed by atoms with van der Waals surface area (Å²) in [5.41, 5.74) is 5.84. The van der Waals surface area contributed by atoms with E-state index in [-0.39, 0.29) is 17.8 Å². The molecule has 16 heavy (non-hydrogen) atoms. The number of halogens is 2. The van der Waals surface area contributed by atoms with Crippen LogP contribution in [0.3, 0.4) is 0 Å². The number of nitrogens with two attached hydrogens (primary N) is 1. The average molecular weight is 230 g/mol. The molecule has 0 saturated carbocycles. The van der Waals surface area contributed by atoms with Gasteiger partial charge in [-0.05, 0) is 18.6 Å². The highest BCUT2D eigenvalue weighted by atomic mass is 19.3. The summed E-state index contributed by atoms with van der Waals surface area (Å²) in [6, 6.07) is 1.19. The van der Waals surface area contributed by atoms with Gasteiger partial charge in [-0.2, -0.15) is 0 Å². The van der Waals surface area contributed by atoms with Gasteiger partial charge in [0.05, 0.1) is 19.1 Å². The van der Waals surface area contributed by atoms with Crippen molar-refractivity contribution in [3.05, 3.63) is 22.9 Å². The van der Waals surface area contributed by atoms with E-state index in [1.807, 2.05) is 0 Å². The molecule has 0 radical (unpaired) electrons. The van der Waals surface area contributed by atoms with Gasteiger partial charge in [-0.1, -0.05) is 0 Å². The largest absolute Gasteiger partial charge is 0.469 e. The Balaban J connectivity index is 3.09. The van der Waals surface area contributed by atoms with Crippen molar-refractivity contribution in [3.8, 4) is 0 Å². The van der Waals surface area contributed by atoms with Crippen molar-refractivity contribution < 1.29 is 18.3 Å². The van der Waals surface area contributed by atoms with Crippen LogP contribution in [0.2, 0.25) is 0 Å². The van der Waals surface area contributed by atoms with Crippen LogP contribution in [-0.4, -0.2) is 18.1 Å². The van der Waals surface area contributed by atoms with E-state index in [9.17, 15) is 13.6 Å². The minimum absolute atomic E-state index is 0.0880. The van der Waals surface area contributed by atoms with E-state index >= 15 is 0 Å². The van der Waals surface area contributed by atoms with Gasteiger partial charge in [0.15, 0.2) is 0 Å². The van der Waals surface area contributed by atoms with E-state index in [0.717, 1.165) is 0 Å². The Morgan fingerprint density at radius 2 is 2.25 bits per heavy atom. The maximum absolute atomic E-state index is 12.5. The van der Waals surface area contributed by atoms with Crippen molar-refractivity contribution in [2.75, 3.05) is 12.8 Å². The van der Waals surface area contributed by atoms with Gasteiger partial charge in [0.25, 0.3) is 6.43 Å². The van der Waals surface area contributed by atoms with Crippen molar-refractivity contribution in [3.63, 3.8) is 0 Å². The van der Waals surface area contributed by atoms with Crippen LogP contribution in [-0.2, 0) is 16.0 Å². The molecule has 0 aromatic carbocycles. The van der Waals surface area contributed by atoms with Gasteiger partial charge in [0.2, 0.25) is 0 Å². The van der Waals surface area contributed by atoms with Gasteiger partial charge in [0, 0.05) is 5.69 Å². The molecule has 0 aliphatic carbocycles. The second-order valence-electron chi connectivity index (χ2n) is 3.26. The fraction of sp³-hybridized carbons (Fsp3) is 0.400. The highest BCUT2D eigenvalue weighted by Crippen LogP contribution is 2.25. The monoisotopic (exact) mass is 230 g/mol. The molecule has 1 rings (SSSR count). The lowest BCUT2D eigenvalue weighted by Crippen LogP contribution is -2.09. The summed E-state index contributed by atoms with van der Waals surface area (Å²) >= 11 is 0. The quantitative estimate of drug-likeness (QED) is 0.801. The van der Waals surface area contributed by atoms with Crippen molar-refractivity contribution in [2.24, 2.45) is 0 Å². The minimum atomic E-state index is -2.70. The van der Waals surface area contributed by atoms with Crippen molar-refractivity contribution >= 4 is 11.8 Å². The molecule has 1 heterocycles. The summed E-state index contributed by atoms with van der Waals surface area (Å²) in [7, 11) is 1.23. The standard InChI is InChI=1S/C10H12F2N2O2/c1-5-6(4-8(15)16-2)3-7(9(11)12)10(13)14-5/h3,9H,4H2,1-2H3,(H2,13,14). The molecule has 0 aliphatic rings. The Kier molecular flexibility index (Phi) is 3.76. The number of hydrogen-bond acceptors (Lipinski definition) is 4. The summed E-state index contributed by atoms with van der Waals surface area (Å²) in [5.74, 6) is -0.712. The molecule has 0 spiro atoms. The van der Waals surface area contributed by atoms with Gasteiger partial charge in [-0.25, -0.2) is 13.8 Å². The van der Waals surface area contributed by atoms with E-state index in [4.69, 9.17) is 5.73 Å². The molecule has 6 heteroatoms. The number of anilines is 1. The number of aromatic nitrogens is 1. The number of nitrogen functional groups attached to an aromatic ring is 1.